The molecule has 0 aromatic heterocycles. The Hall–Kier alpha value is -2.80. The molecule has 0 aliphatic carbocycles. The number of aromatic carboxylic acids is 1. The van der Waals surface area contributed by atoms with Gasteiger partial charge in [0.05, 0.1) is 11.7 Å². The van der Waals surface area contributed by atoms with Gasteiger partial charge in [0.1, 0.15) is 11.9 Å². The zero-order valence-electron chi connectivity index (χ0n) is 20.2. The molecule has 0 spiro atoms. The van der Waals surface area contributed by atoms with Crippen molar-refractivity contribution in [3.8, 4) is 16.9 Å². The highest BCUT2D eigenvalue weighted by atomic mass is 32.2. The van der Waals surface area contributed by atoms with Crippen molar-refractivity contribution < 1.29 is 19.7 Å². The molecule has 184 valence electrons. The molecule has 3 N–H and O–H groups in total. The van der Waals surface area contributed by atoms with Crippen LogP contribution >= 0.6 is 11.8 Å². The molecule has 0 saturated carbocycles. The fourth-order valence-electron chi connectivity index (χ4n) is 4.32. The van der Waals surface area contributed by atoms with Crippen LogP contribution in [-0.4, -0.2) is 47.2 Å². The lowest BCUT2D eigenvalue weighted by molar-refractivity contribution is 0.0697. The second-order valence-electron chi connectivity index (χ2n) is 9.30. The third-order valence-electron chi connectivity index (χ3n) is 6.28. The van der Waals surface area contributed by atoms with Gasteiger partial charge in [0.25, 0.3) is 0 Å². The molecule has 0 unspecified atom stereocenters. The number of benzene rings is 3. The number of hydrogen-bond acceptors (Lipinski definition) is 5. The van der Waals surface area contributed by atoms with Crippen LogP contribution in [-0.2, 0) is 6.42 Å². The van der Waals surface area contributed by atoms with E-state index in [0.29, 0.717) is 24.8 Å². The third-order valence-corrected chi connectivity index (χ3v) is 7.51. The van der Waals surface area contributed by atoms with Crippen molar-refractivity contribution in [1.82, 2.24) is 5.32 Å². The van der Waals surface area contributed by atoms with Crippen molar-refractivity contribution >= 4 is 17.7 Å². The number of hydrogen-bond donors (Lipinski definition) is 3. The molecular formula is C29H33NO4S. The Morgan fingerprint density at radius 1 is 1.09 bits per heavy atom. The average molecular weight is 492 g/mol. The monoisotopic (exact) mass is 491 g/mol. The van der Waals surface area contributed by atoms with E-state index in [1.165, 1.54) is 16.0 Å². The van der Waals surface area contributed by atoms with Crippen molar-refractivity contribution in [2.24, 2.45) is 0 Å². The summed E-state index contributed by atoms with van der Waals surface area (Å²) in [7, 11) is 0. The lowest BCUT2D eigenvalue weighted by Gasteiger charge is -2.27. The smallest absolute Gasteiger partial charge is 0.335 e. The van der Waals surface area contributed by atoms with Gasteiger partial charge in [-0.05, 0) is 71.3 Å². The molecule has 35 heavy (non-hydrogen) atoms. The normalized spacial score (nSPS) is 15.9. The fraction of sp³-hybridized carbons (Fsp3) is 0.345. The van der Waals surface area contributed by atoms with Crippen molar-refractivity contribution in [3.05, 3.63) is 83.4 Å². The lowest BCUT2D eigenvalue weighted by Crippen LogP contribution is -2.38. The van der Waals surface area contributed by atoms with Crippen LogP contribution in [0.4, 0.5) is 0 Å². The first-order valence-electron chi connectivity index (χ1n) is 12.1. The number of thioether (sulfide) groups is 1. The van der Waals surface area contributed by atoms with Crippen LogP contribution < -0.4 is 10.1 Å². The Bertz CT molecular complexity index is 1150. The van der Waals surface area contributed by atoms with Gasteiger partial charge < -0.3 is 20.3 Å². The average Bonchev–Trinajstić information content (AvgIpc) is 2.87. The summed E-state index contributed by atoms with van der Waals surface area (Å²) in [5.74, 6) is 1.10. The Morgan fingerprint density at radius 2 is 1.83 bits per heavy atom. The van der Waals surface area contributed by atoms with Gasteiger partial charge in [-0.15, -0.1) is 11.8 Å². The van der Waals surface area contributed by atoms with Crippen LogP contribution in [0, 0.1) is 0 Å². The first kappa shape index (κ1) is 25.3. The largest absolute Gasteiger partial charge is 0.489 e. The highest BCUT2D eigenvalue weighted by Gasteiger charge is 2.20. The SMILES string of the molecule is CC(C)c1ccccc1SC[C@@H](O)CNC[C@H]1CCc2cc(-c3ccc(C(=O)O)cc3)ccc2O1. The van der Waals surface area contributed by atoms with E-state index >= 15 is 0 Å². The number of carbonyl (C=O) groups is 1. The van der Waals surface area contributed by atoms with E-state index in [4.69, 9.17) is 9.84 Å². The number of nitrogens with one attached hydrogen (secondary N) is 1. The first-order chi connectivity index (χ1) is 16.9. The molecule has 0 radical (unpaired) electrons. The summed E-state index contributed by atoms with van der Waals surface area (Å²) in [4.78, 5) is 12.3. The van der Waals surface area contributed by atoms with Gasteiger partial charge in [0, 0.05) is 23.7 Å². The molecule has 0 fully saturated rings. The predicted molar refractivity (Wildman–Crippen MR) is 142 cm³/mol. The zero-order valence-corrected chi connectivity index (χ0v) is 21.1. The molecule has 1 heterocycles. The molecule has 4 rings (SSSR count). The molecule has 0 bridgehead atoms. The zero-order chi connectivity index (χ0) is 24.8. The Balaban J connectivity index is 1.24. The number of aliphatic hydroxyl groups is 1. The summed E-state index contributed by atoms with van der Waals surface area (Å²) in [5, 5.41) is 22.9. The highest BCUT2D eigenvalue weighted by Crippen LogP contribution is 2.32. The number of carboxylic acid groups (broad SMARTS) is 1. The minimum Gasteiger partial charge on any atom is -0.489 e. The third kappa shape index (κ3) is 6.66. The maximum atomic E-state index is 11.1. The van der Waals surface area contributed by atoms with Crippen molar-refractivity contribution in [3.63, 3.8) is 0 Å². The Labute approximate surface area is 211 Å². The number of aryl methyl sites for hydroxylation is 1. The number of carboxylic acids is 1. The molecule has 3 aromatic carbocycles. The maximum absolute atomic E-state index is 11.1. The fourth-order valence-corrected chi connectivity index (χ4v) is 5.45. The van der Waals surface area contributed by atoms with Crippen LogP contribution in [0.3, 0.4) is 0 Å². The number of aliphatic hydroxyl groups excluding tert-OH is 1. The van der Waals surface area contributed by atoms with Gasteiger partial charge in [-0.2, -0.15) is 0 Å². The van der Waals surface area contributed by atoms with E-state index in [-0.39, 0.29) is 11.7 Å². The molecule has 1 aliphatic rings. The summed E-state index contributed by atoms with van der Waals surface area (Å²) in [6.07, 6.45) is 1.48. The molecular weight excluding hydrogens is 458 g/mol. The summed E-state index contributed by atoms with van der Waals surface area (Å²) < 4.78 is 6.20. The van der Waals surface area contributed by atoms with Crippen LogP contribution in [0.5, 0.6) is 5.75 Å². The van der Waals surface area contributed by atoms with E-state index in [1.54, 1.807) is 23.9 Å². The van der Waals surface area contributed by atoms with Gasteiger partial charge >= 0.3 is 5.97 Å². The molecule has 3 aromatic rings. The van der Waals surface area contributed by atoms with E-state index in [2.05, 4.69) is 49.5 Å². The Morgan fingerprint density at radius 3 is 2.57 bits per heavy atom. The molecule has 1 aliphatic heterocycles. The van der Waals surface area contributed by atoms with Gasteiger partial charge in [0.15, 0.2) is 0 Å². The maximum Gasteiger partial charge on any atom is 0.335 e. The summed E-state index contributed by atoms with van der Waals surface area (Å²) in [6, 6.07) is 21.5. The van der Waals surface area contributed by atoms with Gasteiger partial charge in [-0.25, -0.2) is 4.79 Å². The number of ether oxygens (including phenoxy) is 1. The van der Waals surface area contributed by atoms with E-state index < -0.39 is 12.1 Å². The van der Waals surface area contributed by atoms with E-state index in [9.17, 15) is 9.90 Å². The van der Waals surface area contributed by atoms with E-state index in [1.807, 2.05) is 24.3 Å². The summed E-state index contributed by atoms with van der Waals surface area (Å²) in [5.41, 5.74) is 4.83. The Kier molecular flexibility index (Phi) is 8.50. The van der Waals surface area contributed by atoms with Crippen molar-refractivity contribution in [1.29, 1.82) is 0 Å². The van der Waals surface area contributed by atoms with Gasteiger partial charge in [-0.3, -0.25) is 0 Å². The quantitative estimate of drug-likeness (QED) is 0.320. The topological polar surface area (TPSA) is 78.8 Å². The standard InChI is InChI=1S/C29H33NO4S/c1-19(2)26-5-3-4-6-28(26)35-18-24(31)16-30-17-25-13-11-23-15-22(12-14-27(23)34-25)20-7-9-21(10-8-20)29(32)33/h3-10,12,14-15,19,24-25,30-31H,11,13,16-18H2,1-2H3,(H,32,33)/t24-,25+/m0/s1. The summed E-state index contributed by atoms with van der Waals surface area (Å²) >= 11 is 1.71. The second-order valence-corrected chi connectivity index (χ2v) is 10.4. The van der Waals surface area contributed by atoms with Crippen LogP contribution in [0.2, 0.25) is 0 Å². The van der Waals surface area contributed by atoms with Crippen LogP contribution in [0.15, 0.2) is 71.6 Å². The second kappa shape index (κ2) is 11.8. The molecule has 5 nitrogen and oxygen atoms in total. The highest BCUT2D eigenvalue weighted by molar-refractivity contribution is 7.99. The van der Waals surface area contributed by atoms with E-state index in [0.717, 1.165) is 29.7 Å². The molecule has 6 heteroatoms. The minimum absolute atomic E-state index is 0.0738. The van der Waals surface area contributed by atoms with Gasteiger partial charge in [-0.1, -0.05) is 50.2 Å². The first-order valence-corrected chi connectivity index (χ1v) is 13.1. The van der Waals surface area contributed by atoms with Crippen LogP contribution in [0.1, 0.15) is 47.7 Å². The van der Waals surface area contributed by atoms with Crippen LogP contribution in [0.25, 0.3) is 11.1 Å². The molecule has 0 amide bonds. The van der Waals surface area contributed by atoms with Crippen molar-refractivity contribution in [2.75, 3.05) is 18.8 Å². The van der Waals surface area contributed by atoms with Crippen molar-refractivity contribution in [2.45, 2.75) is 49.7 Å². The summed E-state index contributed by atoms with van der Waals surface area (Å²) in [6.45, 7) is 5.62. The number of rotatable bonds is 10. The number of fused-ring (bicyclic) bond motifs is 1. The predicted octanol–water partition coefficient (Wildman–Crippen LogP) is 5.61. The minimum atomic E-state index is -0.919. The lowest BCUT2D eigenvalue weighted by atomic mass is 9.96. The molecule has 2 atom stereocenters. The molecule has 0 saturated heterocycles. The van der Waals surface area contributed by atoms with Gasteiger partial charge in [0.2, 0.25) is 0 Å².